The number of amides is 1. The van der Waals surface area contributed by atoms with Crippen molar-refractivity contribution in [3.05, 3.63) is 29.6 Å². The van der Waals surface area contributed by atoms with Gasteiger partial charge in [0.1, 0.15) is 18.5 Å². The predicted octanol–water partition coefficient (Wildman–Crippen LogP) is 3.39. The van der Waals surface area contributed by atoms with Crippen molar-refractivity contribution < 1.29 is 27.7 Å². The molecule has 8 nitrogen and oxygen atoms in total. The normalized spacial score (nSPS) is 24.8. The van der Waals surface area contributed by atoms with Crippen molar-refractivity contribution in [2.24, 2.45) is 4.36 Å². The van der Waals surface area contributed by atoms with Crippen LogP contribution in [0.25, 0.3) is 0 Å². The van der Waals surface area contributed by atoms with Crippen LogP contribution in [0.15, 0.2) is 22.6 Å². The molecule has 0 aliphatic carbocycles. The molecule has 2 saturated heterocycles. The molecule has 0 spiro atoms. The lowest BCUT2D eigenvalue weighted by Gasteiger charge is -2.25. The zero-order valence-electron chi connectivity index (χ0n) is 18.9. The van der Waals surface area contributed by atoms with E-state index in [1.807, 2.05) is 6.92 Å². The molecule has 11 heteroatoms. The number of nitrogens with zero attached hydrogens (tertiary/aromatic N) is 2. The van der Waals surface area contributed by atoms with E-state index in [1.54, 1.807) is 19.1 Å². The number of esters is 1. The van der Waals surface area contributed by atoms with Crippen molar-refractivity contribution in [2.45, 2.75) is 45.1 Å². The number of carbonyl (C=O) groups excluding carboxylic acids is 2. The van der Waals surface area contributed by atoms with E-state index in [9.17, 15) is 18.2 Å². The van der Waals surface area contributed by atoms with Crippen molar-refractivity contribution in [1.82, 2.24) is 5.32 Å². The predicted molar refractivity (Wildman–Crippen MR) is 129 cm³/mol. The molecule has 33 heavy (non-hydrogen) atoms. The molecule has 3 rings (SSSR count). The van der Waals surface area contributed by atoms with Crippen LogP contribution in [0, 0.1) is 5.82 Å². The lowest BCUT2D eigenvalue weighted by molar-refractivity contribution is -0.141. The second-order valence-electron chi connectivity index (χ2n) is 8.03. The highest BCUT2D eigenvalue weighted by Crippen LogP contribution is 2.34. The molecule has 1 aromatic rings. The number of nitrogens with one attached hydrogen (secondary N) is 1. The van der Waals surface area contributed by atoms with Gasteiger partial charge in [0.15, 0.2) is 0 Å². The van der Waals surface area contributed by atoms with Crippen LogP contribution in [0.4, 0.5) is 14.9 Å². The first-order valence-electron chi connectivity index (χ1n) is 11.1. The average Bonchev–Trinajstić information content (AvgIpc) is 3.17. The number of hydrogen-bond acceptors (Lipinski definition) is 7. The van der Waals surface area contributed by atoms with E-state index in [0.717, 1.165) is 0 Å². The zero-order chi connectivity index (χ0) is 24.0. The van der Waals surface area contributed by atoms with E-state index in [2.05, 4.69) is 9.68 Å². The summed E-state index contributed by atoms with van der Waals surface area (Å²) in [6.07, 6.45) is 0.852. The Morgan fingerprint density at radius 1 is 1.36 bits per heavy atom. The fourth-order valence-corrected chi connectivity index (χ4v) is 6.11. The average molecular weight is 500 g/mol. The van der Waals surface area contributed by atoms with Gasteiger partial charge in [0, 0.05) is 21.2 Å². The van der Waals surface area contributed by atoms with E-state index in [0.29, 0.717) is 60.1 Å². The summed E-state index contributed by atoms with van der Waals surface area (Å²) in [6.45, 7) is 4.41. The number of hydrogen-bond donors (Lipinski definition) is 1. The molecule has 0 radical (unpaired) electrons. The molecule has 2 aliphatic rings. The highest BCUT2D eigenvalue weighted by molar-refractivity contribution is 7.93. The van der Waals surface area contributed by atoms with Gasteiger partial charge in [-0.3, -0.25) is 9.69 Å². The van der Waals surface area contributed by atoms with Crippen LogP contribution in [0.5, 0.6) is 0 Å². The Bertz CT molecular complexity index is 1010. The Balaban J connectivity index is 1.61. The maximum Gasteiger partial charge on any atom is 0.414 e. The highest BCUT2D eigenvalue weighted by Gasteiger charge is 2.33. The Hall–Kier alpha value is -2.27. The maximum atomic E-state index is 15.0. The zero-order valence-corrected chi connectivity index (χ0v) is 20.5. The molecule has 1 amide bonds. The lowest BCUT2D eigenvalue weighted by atomic mass is 9.93. The fraction of sp³-hybridized carbons (Fsp3) is 0.591. The first kappa shape index (κ1) is 25.4. The standard InChI is InChI=1S/C22H30FN3O5S2/c1-3-20(32)24-12-17-14-26(22(28)31-17)16-5-6-18(19(23)11-16)15-7-9-33(29,10-8-15)25-13-21(27)30-4-2/h5-6,11,15,17H,3-4,7-10,12-14H2,1-2H3,(H,24,32)/t15?,17-,33?/m0/s1. The number of halogens is 1. The minimum Gasteiger partial charge on any atom is -0.465 e. The van der Waals surface area contributed by atoms with Gasteiger partial charge in [-0.25, -0.2) is 17.8 Å². The summed E-state index contributed by atoms with van der Waals surface area (Å²) in [5.74, 6) is -0.369. The van der Waals surface area contributed by atoms with Crippen LogP contribution in [0.1, 0.15) is 44.6 Å². The van der Waals surface area contributed by atoms with Crippen molar-refractivity contribution in [1.29, 1.82) is 0 Å². The molecule has 0 saturated carbocycles. The number of thiocarbonyl (C=S) groups is 1. The van der Waals surface area contributed by atoms with Gasteiger partial charge in [-0.05, 0) is 49.8 Å². The van der Waals surface area contributed by atoms with Crippen LogP contribution in [-0.4, -0.2) is 65.1 Å². The van der Waals surface area contributed by atoms with Crippen LogP contribution in [0.3, 0.4) is 0 Å². The first-order valence-corrected chi connectivity index (χ1v) is 13.4. The lowest BCUT2D eigenvalue weighted by Crippen LogP contribution is -2.33. The molecule has 0 bridgehead atoms. The number of anilines is 1. The molecular weight excluding hydrogens is 469 g/mol. The maximum absolute atomic E-state index is 15.0. The SMILES string of the molecule is CCOC(=O)CN=S1(=O)CCC(c2ccc(N3C[C@H](CNC(=S)CC)OC3=O)cc2F)CC1. The van der Waals surface area contributed by atoms with Crippen molar-refractivity contribution in [3.63, 3.8) is 0 Å². The molecule has 0 aromatic heterocycles. The summed E-state index contributed by atoms with van der Waals surface area (Å²) < 4.78 is 42.1. The van der Waals surface area contributed by atoms with Gasteiger partial charge in [-0.1, -0.05) is 25.2 Å². The molecule has 2 fully saturated rings. The van der Waals surface area contributed by atoms with Gasteiger partial charge in [-0.15, -0.1) is 0 Å². The Labute approximate surface area is 199 Å². The smallest absolute Gasteiger partial charge is 0.414 e. The fourth-order valence-electron chi connectivity index (χ4n) is 3.92. The molecule has 182 valence electrons. The number of carbonyl (C=O) groups is 2. The summed E-state index contributed by atoms with van der Waals surface area (Å²) >= 11 is 5.13. The number of rotatable bonds is 8. The van der Waals surface area contributed by atoms with Crippen LogP contribution >= 0.6 is 12.2 Å². The van der Waals surface area contributed by atoms with Gasteiger partial charge < -0.3 is 14.8 Å². The number of ether oxygens (including phenoxy) is 2. The number of benzene rings is 1. The summed E-state index contributed by atoms with van der Waals surface area (Å²) in [7, 11) is -2.49. The molecule has 1 N–H and O–H groups in total. The van der Waals surface area contributed by atoms with E-state index < -0.39 is 27.6 Å². The molecule has 2 heterocycles. The van der Waals surface area contributed by atoms with E-state index >= 15 is 0 Å². The van der Waals surface area contributed by atoms with Crippen LogP contribution in [-0.2, 0) is 24.0 Å². The summed E-state index contributed by atoms with van der Waals surface area (Å²) in [5, 5.41) is 3.05. The van der Waals surface area contributed by atoms with Crippen molar-refractivity contribution in [3.8, 4) is 0 Å². The minimum atomic E-state index is -2.49. The van der Waals surface area contributed by atoms with Gasteiger partial charge >= 0.3 is 12.1 Å². The molecular formula is C22H30FN3O5S2. The van der Waals surface area contributed by atoms with Gasteiger partial charge in [0.05, 0.1) is 30.4 Å². The summed E-state index contributed by atoms with van der Waals surface area (Å²) in [6, 6.07) is 4.74. The van der Waals surface area contributed by atoms with Gasteiger partial charge in [-0.2, -0.15) is 0 Å². The number of cyclic esters (lactones) is 1. The second kappa shape index (κ2) is 11.2. The third kappa shape index (κ3) is 6.63. The van der Waals surface area contributed by atoms with Crippen LogP contribution in [0.2, 0.25) is 0 Å². The van der Waals surface area contributed by atoms with Gasteiger partial charge in [0.2, 0.25) is 0 Å². The van der Waals surface area contributed by atoms with Gasteiger partial charge in [0.25, 0.3) is 0 Å². The Morgan fingerprint density at radius 3 is 2.73 bits per heavy atom. The monoisotopic (exact) mass is 499 g/mol. The molecule has 1 aromatic carbocycles. The van der Waals surface area contributed by atoms with E-state index in [1.165, 1.54) is 11.0 Å². The summed E-state index contributed by atoms with van der Waals surface area (Å²) in [4.78, 5) is 25.9. The third-order valence-electron chi connectivity index (χ3n) is 5.76. The van der Waals surface area contributed by atoms with E-state index in [-0.39, 0.29) is 25.2 Å². The largest absolute Gasteiger partial charge is 0.465 e. The molecule has 0 unspecified atom stereocenters. The highest BCUT2D eigenvalue weighted by atomic mass is 32.2. The summed E-state index contributed by atoms with van der Waals surface area (Å²) in [5.41, 5.74) is 0.968. The molecule has 1 atom stereocenters. The topological polar surface area (TPSA) is 97.3 Å². The third-order valence-corrected chi connectivity index (χ3v) is 8.54. The minimum absolute atomic E-state index is 0.0936. The van der Waals surface area contributed by atoms with Crippen LogP contribution < -0.4 is 10.2 Å². The Kier molecular flexibility index (Phi) is 8.63. The first-order chi connectivity index (χ1) is 15.7. The Morgan fingerprint density at radius 2 is 2.09 bits per heavy atom. The quantitative estimate of drug-likeness (QED) is 0.433. The van der Waals surface area contributed by atoms with Crippen molar-refractivity contribution in [2.75, 3.05) is 42.6 Å². The van der Waals surface area contributed by atoms with E-state index in [4.69, 9.17) is 21.7 Å². The van der Waals surface area contributed by atoms with Crippen molar-refractivity contribution >= 4 is 44.7 Å². The second-order valence-corrected chi connectivity index (χ2v) is 11.1. The molecule has 2 aliphatic heterocycles.